The first-order valence-electron chi connectivity index (χ1n) is 4.19. The fraction of sp³-hybridized carbons (Fsp3) is 0.500. The molecule has 0 bridgehead atoms. The molecule has 0 radical (unpaired) electrons. The maximum Gasteiger partial charge on any atom is 0.0457 e. The Morgan fingerprint density at radius 3 is 2.07 bits per heavy atom. The largest absolute Gasteiger partial charge is 0.326 e. The number of rotatable bonds is 1. The highest BCUT2D eigenvalue weighted by molar-refractivity contribution is 5.85. The van der Waals surface area contributed by atoms with Gasteiger partial charge in [0.05, 0.1) is 0 Å². The molecule has 1 heterocycles. The minimum absolute atomic E-state index is 0. The Hall–Kier alpha value is -0.310. The minimum Gasteiger partial charge on any atom is -0.326 e. The van der Waals surface area contributed by atoms with Crippen LogP contribution in [0.2, 0.25) is 0 Å². The smallest absolute Gasteiger partial charge is 0.0457 e. The molecule has 4 heteroatoms. The maximum absolute atomic E-state index is 5.47. The maximum atomic E-state index is 5.47. The van der Waals surface area contributed by atoms with Crippen molar-refractivity contribution < 1.29 is 0 Å². The summed E-state index contributed by atoms with van der Waals surface area (Å²) in [5, 5.41) is 0. The van der Waals surface area contributed by atoms with Crippen molar-refractivity contribution in [2.45, 2.75) is 32.7 Å². The Kier molecular flexibility index (Phi) is 7.17. The van der Waals surface area contributed by atoms with E-state index in [1.807, 2.05) is 18.3 Å². The van der Waals surface area contributed by atoms with Gasteiger partial charge in [-0.25, -0.2) is 0 Å². The lowest BCUT2D eigenvalue weighted by atomic mass is 9.91. The molecule has 0 amide bonds. The van der Waals surface area contributed by atoms with E-state index in [9.17, 15) is 0 Å². The van der Waals surface area contributed by atoms with Crippen molar-refractivity contribution in [3.05, 3.63) is 29.6 Å². The lowest BCUT2D eigenvalue weighted by molar-refractivity contribution is 0.568. The van der Waals surface area contributed by atoms with E-state index >= 15 is 0 Å². The van der Waals surface area contributed by atoms with Crippen LogP contribution in [0.1, 0.15) is 32.0 Å². The normalized spacial score (nSPS) is 10.0. The summed E-state index contributed by atoms with van der Waals surface area (Å²) >= 11 is 0. The minimum atomic E-state index is 0. The number of aromatic nitrogens is 1. The second-order valence-corrected chi connectivity index (χ2v) is 4.01. The number of pyridine rings is 1. The standard InChI is InChI=1S/C10H16N2.2ClH/c1-10(2,3)9-5-4-8(6-11)7-12-9;;/h4-5,7H,6,11H2,1-3H3;2*1H. The van der Waals surface area contributed by atoms with Gasteiger partial charge in [-0.1, -0.05) is 26.8 Å². The van der Waals surface area contributed by atoms with Crippen LogP contribution in [0.5, 0.6) is 0 Å². The van der Waals surface area contributed by atoms with E-state index in [0.29, 0.717) is 6.54 Å². The monoisotopic (exact) mass is 236 g/mol. The van der Waals surface area contributed by atoms with Gasteiger partial charge in [-0.3, -0.25) is 4.98 Å². The Balaban J connectivity index is 0. The van der Waals surface area contributed by atoms with Crippen LogP contribution in [0.4, 0.5) is 0 Å². The van der Waals surface area contributed by atoms with E-state index in [2.05, 4.69) is 25.8 Å². The average molecular weight is 237 g/mol. The number of hydrogen-bond donors (Lipinski definition) is 1. The van der Waals surface area contributed by atoms with Gasteiger partial charge in [0.1, 0.15) is 0 Å². The Bertz CT molecular complexity index is 252. The second kappa shape index (κ2) is 6.23. The Labute approximate surface area is 98.1 Å². The molecular weight excluding hydrogens is 219 g/mol. The molecule has 0 atom stereocenters. The molecule has 0 unspecified atom stereocenters. The molecule has 0 aliphatic carbocycles. The van der Waals surface area contributed by atoms with E-state index in [4.69, 9.17) is 5.73 Å². The highest BCUT2D eigenvalue weighted by Crippen LogP contribution is 2.19. The lowest BCUT2D eigenvalue weighted by Gasteiger charge is -2.17. The molecule has 14 heavy (non-hydrogen) atoms. The molecule has 0 saturated carbocycles. The summed E-state index contributed by atoms with van der Waals surface area (Å²) in [6, 6.07) is 4.08. The molecule has 1 rings (SSSR count). The lowest BCUT2D eigenvalue weighted by Crippen LogP contribution is -2.13. The van der Waals surface area contributed by atoms with Crippen LogP contribution in [0.3, 0.4) is 0 Å². The third kappa shape index (κ3) is 4.27. The Morgan fingerprint density at radius 2 is 1.79 bits per heavy atom. The zero-order valence-electron chi connectivity index (χ0n) is 8.78. The predicted molar refractivity (Wildman–Crippen MR) is 65.3 cm³/mol. The zero-order valence-corrected chi connectivity index (χ0v) is 10.4. The molecule has 0 spiro atoms. The third-order valence-electron chi connectivity index (χ3n) is 1.83. The number of hydrogen-bond acceptors (Lipinski definition) is 2. The van der Waals surface area contributed by atoms with Crippen LogP contribution in [0.25, 0.3) is 0 Å². The number of halogens is 2. The van der Waals surface area contributed by atoms with Crippen molar-refractivity contribution in [1.82, 2.24) is 4.98 Å². The fourth-order valence-corrected chi connectivity index (χ4v) is 0.989. The molecule has 2 N–H and O–H groups in total. The molecular formula is C10H18Cl2N2. The van der Waals surface area contributed by atoms with Crippen LogP contribution in [-0.4, -0.2) is 4.98 Å². The average Bonchev–Trinajstić information content (AvgIpc) is 2.03. The van der Waals surface area contributed by atoms with Crippen LogP contribution in [0.15, 0.2) is 18.3 Å². The SMILES string of the molecule is CC(C)(C)c1ccc(CN)cn1.Cl.Cl. The topological polar surface area (TPSA) is 38.9 Å². The summed E-state index contributed by atoms with van der Waals surface area (Å²) in [6.07, 6.45) is 1.85. The van der Waals surface area contributed by atoms with E-state index in [1.165, 1.54) is 0 Å². The summed E-state index contributed by atoms with van der Waals surface area (Å²) in [5.74, 6) is 0. The summed E-state index contributed by atoms with van der Waals surface area (Å²) in [7, 11) is 0. The van der Waals surface area contributed by atoms with Crippen LogP contribution in [0, 0.1) is 0 Å². The summed E-state index contributed by atoms with van der Waals surface area (Å²) in [4.78, 5) is 4.34. The molecule has 0 aliphatic heterocycles. The summed E-state index contributed by atoms with van der Waals surface area (Å²) in [6.45, 7) is 7.02. The van der Waals surface area contributed by atoms with Gasteiger partial charge in [-0.15, -0.1) is 24.8 Å². The number of nitrogens with zero attached hydrogens (tertiary/aromatic N) is 1. The highest BCUT2D eigenvalue weighted by Gasteiger charge is 2.14. The molecule has 82 valence electrons. The molecule has 1 aromatic heterocycles. The molecule has 1 aromatic rings. The molecule has 0 aliphatic rings. The molecule has 2 nitrogen and oxygen atoms in total. The quantitative estimate of drug-likeness (QED) is 0.815. The van der Waals surface area contributed by atoms with Crippen LogP contribution >= 0.6 is 24.8 Å². The first-order chi connectivity index (χ1) is 5.54. The Morgan fingerprint density at radius 1 is 1.21 bits per heavy atom. The van der Waals surface area contributed by atoms with E-state index < -0.39 is 0 Å². The van der Waals surface area contributed by atoms with E-state index in [1.54, 1.807) is 0 Å². The van der Waals surface area contributed by atoms with Gasteiger partial charge >= 0.3 is 0 Å². The van der Waals surface area contributed by atoms with Gasteiger partial charge in [0.25, 0.3) is 0 Å². The molecule has 0 aromatic carbocycles. The second-order valence-electron chi connectivity index (χ2n) is 4.01. The highest BCUT2D eigenvalue weighted by atomic mass is 35.5. The summed E-state index contributed by atoms with van der Waals surface area (Å²) < 4.78 is 0. The zero-order chi connectivity index (χ0) is 9.19. The van der Waals surface area contributed by atoms with Gasteiger partial charge in [0.2, 0.25) is 0 Å². The molecule has 0 saturated heterocycles. The number of nitrogens with two attached hydrogens (primary N) is 1. The van der Waals surface area contributed by atoms with Gasteiger partial charge in [-0.05, 0) is 11.6 Å². The molecule has 0 fully saturated rings. The summed E-state index contributed by atoms with van der Waals surface area (Å²) in [5.41, 5.74) is 7.80. The predicted octanol–water partition coefficient (Wildman–Crippen LogP) is 2.68. The van der Waals surface area contributed by atoms with Crippen molar-refractivity contribution in [2.75, 3.05) is 0 Å². The van der Waals surface area contributed by atoms with E-state index in [-0.39, 0.29) is 30.2 Å². The van der Waals surface area contributed by atoms with Crippen molar-refractivity contribution in [3.63, 3.8) is 0 Å². The van der Waals surface area contributed by atoms with Gasteiger partial charge < -0.3 is 5.73 Å². The van der Waals surface area contributed by atoms with Crippen molar-refractivity contribution >= 4 is 24.8 Å². The third-order valence-corrected chi connectivity index (χ3v) is 1.83. The van der Waals surface area contributed by atoms with E-state index in [0.717, 1.165) is 11.3 Å². The van der Waals surface area contributed by atoms with Crippen molar-refractivity contribution in [1.29, 1.82) is 0 Å². The van der Waals surface area contributed by atoms with Gasteiger partial charge in [0, 0.05) is 23.9 Å². The fourth-order valence-electron chi connectivity index (χ4n) is 0.989. The van der Waals surface area contributed by atoms with Crippen molar-refractivity contribution in [2.24, 2.45) is 5.73 Å². The first-order valence-corrected chi connectivity index (χ1v) is 4.19. The van der Waals surface area contributed by atoms with Crippen LogP contribution in [-0.2, 0) is 12.0 Å². The van der Waals surface area contributed by atoms with Gasteiger partial charge in [-0.2, -0.15) is 0 Å². The van der Waals surface area contributed by atoms with Crippen molar-refractivity contribution in [3.8, 4) is 0 Å². The van der Waals surface area contributed by atoms with Crippen LogP contribution < -0.4 is 5.73 Å². The van der Waals surface area contributed by atoms with Gasteiger partial charge in [0.15, 0.2) is 0 Å². The first kappa shape index (κ1) is 16.1.